The van der Waals surface area contributed by atoms with Gasteiger partial charge in [0.2, 0.25) is 0 Å². The van der Waals surface area contributed by atoms with Crippen LogP contribution in [-0.4, -0.2) is 22.4 Å². The Morgan fingerprint density at radius 2 is 1.92 bits per heavy atom. The molecule has 0 saturated carbocycles. The first-order chi connectivity index (χ1) is 11.8. The van der Waals surface area contributed by atoms with Crippen LogP contribution < -0.4 is 5.32 Å². The molecule has 0 spiro atoms. The highest BCUT2D eigenvalue weighted by atomic mass is 16.1. The largest absolute Gasteiger partial charge is 0.361 e. The molecule has 0 unspecified atom stereocenters. The minimum atomic E-state index is -0.0897. The minimum Gasteiger partial charge on any atom is -0.361 e. The fourth-order valence-electron chi connectivity index (χ4n) is 2.95. The maximum Gasteiger partial charge on any atom is 0.252 e. The molecule has 2 heterocycles. The summed E-state index contributed by atoms with van der Waals surface area (Å²) in [5, 5.41) is 5.16. The van der Waals surface area contributed by atoms with Crippen molar-refractivity contribution < 1.29 is 4.79 Å². The lowest BCUT2D eigenvalue weighted by Gasteiger charge is -2.06. The predicted molar refractivity (Wildman–Crippen MR) is 96.1 cm³/mol. The van der Waals surface area contributed by atoms with Gasteiger partial charge in [-0.3, -0.25) is 9.78 Å². The number of nitrogens with one attached hydrogen (secondary N) is 2. The summed E-state index contributed by atoms with van der Waals surface area (Å²) in [6.07, 6.45) is 4.43. The second kappa shape index (κ2) is 6.16. The number of pyridine rings is 1. The van der Waals surface area contributed by atoms with Crippen molar-refractivity contribution in [2.24, 2.45) is 0 Å². The molecule has 4 nitrogen and oxygen atoms in total. The number of amides is 1. The van der Waals surface area contributed by atoms with E-state index >= 15 is 0 Å². The molecule has 2 N–H and O–H groups in total. The minimum absolute atomic E-state index is 0.0897. The van der Waals surface area contributed by atoms with Crippen molar-refractivity contribution in [2.75, 3.05) is 6.54 Å². The quantitative estimate of drug-likeness (QED) is 0.603. The van der Waals surface area contributed by atoms with Crippen molar-refractivity contribution in [1.29, 1.82) is 0 Å². The van der Waals surface area contributed by atoms with Crippen LogP contribution in [0.25, 0.3) is 21.8 Å². The van der Waals surface area contributed by atoms with E-state index in [0.717, 1.165) is 22.8 Å². The third kappa shape index (κ3) is 2.74. The van der Waals surface area contributed by atoms with E-state index in [2.05, 4.69) is 27.4 Å². The molecule has 4 rings (SSSR count). The summed E-state index contributed by atoms with van der Waals surface area (Å²) < 4.78 is 0. The van der Waals surface area contributed by atoms with E-state index in [1.165, 1.54) is 10.9 Å². The lowest BCUT2D eigenvalue weighted by Crippen LogP contribution is -2.25. The third-order valence-corrected chi connectivity index (χ3v) is 4.21. The summed E-state index contributed by atoms with van der Waals surface area (Å²) in [4.78, 5) is 19.9. The van der Waals surface area contributed by atoms with Crippen LogP contribution in [0.15, 0.2) is 67.0 Å². The Hall–Kier alpha value is -3.14. The number of carbonyl (C=O) groups is 1. The molecule has 0 bridgehead atoms. The highest BCUT2D eigenvalue weighted by molar-refractivity contribution is 5.97. The van der Waals surface area contributed by atoms with Crippen molar-refractivity contribution in [1.82, 2.24) is 15.3 Å². The van der Waals surface area contributed by atoms with Crippen molar-refractivity contribution in [3.8, 4) is 0 Å². The molecule has 0 aliphatic heterocycles. The number of benzene rings is 2. The highest BCUT2D eigenvalue weighted by Gasteiger charge is 2.08. The summed E-state index contributed by atoms with van der Waals surface area (Å²) >= 11 is 0. The van der Waals surface area contributed by atoms with Gasteiger partial charge in [0.25, 0.3) is 5.91 Å². The van der Waals surface area contributed by atoms with Gasteiger partial charge in [-0.05, 0) is 30.2 Å². The number of aromatic nitrogens is 2. The van der Waals surface area contributed by atoms with Gasteiger partial charge in [-0.15, -0.1) is 0 Å². The van der Waals surface area contributed by atoms with Crippen LogP contribution in [-0.2, 0) is 6.42 Å². The fourth-order valence-corrected chi connectivity index (χ4v) is 2.95. The summed E-state index contributed by atoms with van der Waals surface area (Å²) in [6.45, 7) is 0.591. The van der Waals surface area contributed by atoms with Crippen LogP contribution >= 0.6 is 0 Å². The third-order valence-electron chi connectivity index (χ3n) is 4.21. The fraction of sp³-hybridized carbons (Fsp3) is 0.100. The number of para-hydroxylation sites is 2. The van der Waals surface area contributed by atoms with Crippen molar-refractivity contribution >= 4 is 27.7 Å². The van der Waals surface area contributed by atoms with E-state index in [0.29, 0.717) is 12.1 Å². The SMILES string of the molecule is O=C(NCCc1c[nH]c2ccccc12)c1cnc2ccccc2c1. The molecule has 0 atom stereocenters. The maximum atomic E-state index is 12.3. The molecule has 0 radical (unpaired) electrons. The van der Waals surface area contributed by atoms with E-state index in [-0.39, 0.29) is 5.91 Å². The maximum absolute atomic E-state index is 12.3. The molecule has 2 aromatic carbocycles. The van der Waals surface area contributed by atoms with Gasteiger partial charge in [-0.2, -0.15) is 0 Å². The lowest BCUT2D eigenvalue weighted by atomic mass is 10.1. The van der Waals surface area contributed by atoms with Crippen LogP contribution in [0.3, 0.4) is 0 Å². The highest BCUT2D eigenvalue weighted by Crippen LogP contribution is 2.18. The Balaban J connectivity index is 1.44. The predicted octanol–water partition coefficient (Wildman–Crippen LogP) is 3.69. The molecular formula is C20H17N3O. The molecule has 4 aromatic rings. The second-order valence-electron chi connectivity index (χ2n) is 5.78. The zero-order chi connectivity index (χ0) is 16.4. The summed E-state index contributed by atoms with van der Waals surface area (Å²) in [5.41, 5.74) is 3.82. The van der Waals surface area contributed by atoms with Crippen LogP contribution in [0.5, 0.6) is 0 Å². The van der Waals surface area contributed by atoms with E-state index in [1.807, 2.05) is 48.7 Å². The van der Waals surface area contributed by atoms with Crippen LogP contribution in [0.2, 0.25) is 0 Å². The molecule has 1 amide bonds. The summed E-state index contributed by atoms with van der Waals surface area (Å²) in [5.74, 6) is -0.0897. The van der Waals surface area contributed by atoms with E-state index < -0.39 is 0 Å². The number of fused-ring (bicyclic) bond motifs is 2. The van der Waals surface area contributed by atoms with E-state index in [1.54, 1.807) is 6.20 Å². The number of H-pyrrole nitrogens is 1. The smallest absolute Gasteiger partial charge is 0.252 e. The van der Waals surface area contributed by atoms with Crippen molar-refractivity contribution in [2.45, 2.75) is 6.42 Å². The average molecular weight is 315 g/mol. The van der Waals surface area contributed by atoms with E-state index in [4.69, 9.17) is 0 Å². The van der Waals surface area contributed by atoms with Crippen molar-refractivity contribution in [3.63, 3.8) is 0 Å². The van der Waals surface area contributed by atoms with Crippen molar-refractivity contribution in [3.05, 3.63) is 78.1 Å². The molecule has 24 heavy (non-hydrogen) atoms. The molecular weight excluding hydrogens is 298 g/mol. The monoisotopic (exact) mass is 315 g/mol. The summed E-state index contributed by atoms with van der Waals surface area (Å²) in [6, 6.07) is 17.9. The zero-order valence-electron chi connectivity index (χ0n) is 13.1. The molecule has 0 saturated heterocycles. The lowest BCUT2D eigenvalue weighted by molar-refractivity contribution is 0.0954. The molecule has 0 fully saturated rings. The number of hydrogen-bond donors (Lipinski definition) is 2. The second-order valence-corrected chi connectivity index (χ2v) is 5.78. The van der Waals surface area contributed by atoms with Gasteiger partial charge >= 0.3 is 0 Å². The van der Waals surface area contributed by atoms with Gasteiger partial charge in [0.15, 0.2) is 0 Å². The molecule has 0 aliphatic rings. The Morgan fingerprint density at radius 3 is 2.88 bits per heavy atom. The Morgan fingerprint density at radius 1 is 1.08 bits per heavy atom. The van der Waals surface area contributed by atoms with Gasteiger partial charge in [0, 0.05) is 35.2 Å². The topological polar surface area (TPSA) is 57.8 Å². The Kier molecular flexibility index (Phi) is 3.71. The number of carbonyl (C=O) groups excluding carboxylic acids is 1. The number of aromatic amines is 1. The zero-order valence-corrected chi connectivity index (χ0v) is 13.1. The van der Waals surface area contributed by atoms with Crippen LogP contribution in [0, 0.1) is 0 Å². The molecule has 4 heteroatoms. The first-order valence-electron chi connectivity index (χ1n) is 7.99. The normalized spacial score (nSPS) is 11.0. The first kappa shape index (κ1) is 14.5. The van der Waals surface area contributed by atoms with Crippen LogP contribution in [0.4, 0.5) is 0 Å². The number of rotatable bonds is 4. The van der Waals surface area contributed by atoms with Gasteiger partial charge in [-0.1, -0.05) is 36.4 Å². The van der Waals surface area contributed by atoms with Gasteiger partial charge < -0.3 is 10.3 Å². The molecule has 118 valence electrons. The molecule has 2 aromatic heterocycles. The Labute approximate surface area is 139 Å². The van der Waals surface area contributed by atoms with Crippen LogP contribution in [0.1, 0.15) is 15.9 Å². The Bertz CT molecular complexity index is 1020. The summed E-state index contributed by atoms with van der Waals surface area (Å²) in [7, 11) is 0. The molecule has 0 aliphatic carbocycles. The van der Waals surface area contributed by atoms with Gasteiger partial charge in [0.1, 0.15) is 0 Å². The van der Waals surface area contributed by atoms with Gasteiger partial charge in [0.05, 0.1) is 11.1 Å². The average Bonchev–Trinajstić information content (AvgIpc) is 3.04. The first-order valence-corrected chi connectivity index (χ1v) is 7.99. The standard InChI is InChI=1S/C20H17N3O/c24-20(16-11-14-5-1-3-7-18(14)22-13-16)21-10-9-15-12-23-19-8-4-2-6-17(15)19/h1-8,11-13,23H,9-10H2,(H,21,24). The van der Waals surface area contributed by atoms with Gasteiger partial charge in [-0.25, -0.2) is 0 Å². The number of hydrogen-bond acceptors (Lipinski definition) is 2. The number of nitrogens with zero attached hydrogens (tertiary/aromatic N) is 1. The van der Waals surface area contributed by atoms with E-state index in [9.17, 15) is 4.79 Å².